The summed E-state index contributed by atoms with van der Waals surface area (Å²) in [5, 5.41) is 3.52. The summed E-state index contributed by atoms with van der Waals surface area (Å²) < 4.78 is 11.5. The highest BCUT2D eigenvalue weighted by Gasteiger charge is 2.40. The Kier molecular flexibility index (Phi) is 4.20. The zero-order valence-electron chi connectivity index (χ0n) is 13.3. The van der Waals surface area contributed by atoms with Crippen LogP contribution >= 0.6 is 0 Å². The van der Waals surface area contributed by atoms with Crippen LogP contribution in [0.2, 0.25) is 0 Å². The van der Waals surface area contributed by atoms with E-state index in [-0.39, 0.29) is 0 Å². The van der Waals surface area contributed by atoms with Crippen LogP contribution in [0.15, 0.2) is 0 Å². The minimum atomic E-state index is 0.350. The smallest absolute Gasteiger partial charge is 0.120 e. The van der Waals surface area contributed by atoms with Gasteiger partial charge in [0.05, 0.1) is 24.9 Å². The third-order valence-electron chi connectivity index (χ3n) is 5.51. The first-order valence-electron chi connectivity index (χ1n) is 8.80. The Balaban J connectivity index is 1.24. The van der Waals surface area contributed by atoms with Crippen molar-refractivity contribution in [3.05, 3.63) is 17.2 Å². The van der Waals surface area contributed by atoms with Crippen molar-refractivity contribution in [2.75, 3.05) is 26.4 Å². The summed E-state index contributed by atoms with van der Waals surface area (Å²) in [6.45, 7) is 4.47. The second-order valence-corrected chi connectivity index (χ2v) is 7.20. The van der Waals surface area contributed by atoms with Crippen LogP contribution in [-0.2, 0) is 28.9 Å². The average molecular weight is 305 g/mol. The van der Waals surface area contributed by atoms with E-state index in [0.29, 0.717) is 11.5 Å². The highest BCUT2D eigenvalue weighted by molar-refractivity contribution is 5.17. The lowest BCUT2D eigenvalue weighted by Gasteiger charge is -2.31. The molecule has 1 unspecified atom stereocenters. The van der Waals surface area contributed by atoms with Gasteiger partial charge in [0.1, 0.15) is 5.82 Å². The van der Waals surface area contributed by atoms with Gasteiger partial charge in [0.2, 0.25) is 0 Å². The lowest BCUT2D eigenvalue weighted by atomic mass is 9.78. The van der Waals surface area contributed by atoms with Crippen LogP contribution in [0, 0.1) is 5.41 Å². The molecule has 0 radical (unpaired) electrons. The van der Waals surface area contributed by atoms with Crippen LogP contribution in [0.25, 0.3) is 0 Å². The molecular formula is C17H27N3O2. The number of nitrogens with zero attached hydrogens (tertiary/aromatic N) is 1. The fourth-order valence-electron chi connectivity index (χ4n) is 4.13. The number of ether oxygens (including phenoxy) is 2. The number of aryl methyl sites for hydroxylation is 2. The monoisotopic (exact) mass is 305 g/mol. The summed E-state index contributed by atoms with van der Waals surface area (Å²) in [4.78, 5) is 8.21. The first-order valence-corrected chi connectivity index (χ1v) is 8.80. The van der Waals surface area contributed by atoms with Gasteiger partial charge in [0.15, 0.2) is 0 Å². The van der Waals surface area contributed by atoms with E-state index in [0.717, 1.165) is 58.0 Å². The average Bonchev–Trinajstić information content (AvgIpc) is 3.12. The Morgan fingerprint density at radius 1 is 1.23 bits per heavy atom. The summed E-state index contributed by atoms with van der Waals surface area (Å²) in [5.41, 5.74) is 3.05. The van der Waals surface area contributed by atoms with Crippen LogP contribution in [0.1, 0.15) is 49.3 Å². The summed E-state index contributed by atoms with van der Waals surface area (Å²) in [7, 11) is 0. The molecule has 4 rings (SSSR count). The zero-order valence-corrected chi connectivity index (χ0v) is 13.3. The predicted molar refractivity (Wildman–Crippen MR) is 83.8 cm³/mol. The van der Waals surface area contributed by atoms with E-state index in [1.54, 1.807) is 0 Å². The van der Waals surface area contributed by atoms with Crippen LogP contribution in [-0.4, -0.2) is 42.4 Å². The minimum absolute atomic E-state index is 0.350. The molecule has 22 heavy (non-hydrogen) atoms. The number of nitrogens with one attached hydrogen (secondary N) is 2. The topological polar surface area (TPSA) is 59.2 Å². The number of fused-ring (bicyclic) bond motifs is 1. The SMILES string of the molecule is C1CCc2[nH]c(CNCC3CC4(CCOCC4)CO3)nc2C1. The van der Waals surface area contributed by atoms with Gasteiger partial charge in [-0.1, -0.05) is 0 Å². The Hall–Kier alpha value is -0.910. The number of rotatable bonds is 4. The molecular weight excluding hydrogens is 278 g/mol. The summed E-state index contributed by atoms with van der Waals surface area (Å²) in [6.07, 6.45) is 8.74. The molecule has 1 aromatic rings. The van der Waals surface area contributed by atoms with Crippen LogP contribution in [0.3, 0.4) is 0 Å². The number of aromatic nitrogens is 2. The second kappa shape index (κ2) is 6.30. The van der Waals surface area contributed by atoms with Crippen molar-refractivity contribution >= 4 is 0 Å². The molecule has 2 saturated heterocycles. The lowest BCUT2D eigenvalue weighted by molar-refractivity contribution is 0.00699. The molecule has 1 aromatic heterocycles. The van der Waals surface area contributed by atoms with Crippen molar-refractivity contribution in [2.24, 2.45) is 5.41 Å². The lowest BCUT2D eigenvalue weighted by Crippen LogP contribution is -2.31. The van der Waals surface area contributed by atoms with Gasteiger partial charge >= 0.3 is 0 Å². The largest absolute Gasteiger partial charge is 0.381 e. The molecule has 5 heteroatoms. The van der Waals surface area contributed by atoms with Crippen LogP contribution in [0.4, 0.5) is 0 Å². The van der Waals surface area contributed by atoms with Crippen molar-refractivity contribution in [1.82, 2.24) is 15.3 Å². The van der Waals surface area contributed by atoms with Gasteiger partial charge < -0.3 is 19.8 Å². The summed E-state index contributed by atoms with van der Waals surface area (Å²) >= 11 is 0. The zero-order chi connectivity index (χ0) is 14.8. The molecule has 0 aromatic carbocycles. The van der Waals surface area contributed by atoms with E-state index in [1.165, 1.54) is 37.1 Å². The molecule has 3 heterocycles. The van der Waals surface area contributed by atoms with E-state index in [2.05, 4.69) is 10.3 Å². The molecule has 1 aliphatic carbocycles. The molecule has 2 N–H and O–H groups in total. The van der Waals surface area contributed by atoms with Gasteiger partial charge in [0.25, 0.3) is 0 Å². The van der Waals surface area contributed by atoms with Crippen molar-refractivity contribution in [3.63, 3.8) is 0 Å². The first-order chi connectivity index (χ1) is 10.8. The van der Waals surface area contributed by atoms with Crippen molar-refractivity contribution in [3.8, 4) is 0 Å². The second-order valence-electron chi connectivity index (χ2n) is 7.20. The number of aromatic amines is 1. The van der Waals surface area contributed by atoms with Gasteiger partial charge in [-0.25, -0.2) is 4.98 Å². The third-order valence-corrected chi connectivity index (χ3v) is 5.51. The van der Waals surface area contributed by atoms with Crippen LogP contribution in [0.5, 0.6) is 0 Å². The highest BCUT2D eigenvalue weighted by Crippen LogP contribution is 2.41. The number of hydrogen-bond donors (Lipinski definition) is 2. The standard InChI is InChI=1S/C17H27N3O2/c1-2-4-15-14(3-1)19-16(20-15)11-18-10-13-9-17(12-22-13)5-7-21-8-6-17/h13,18H,1-12H2,(H,19,20). The van der Waals surface area contributed by atoms with Crippen LogP contribution < -0.4 is 5.32 Å². The van der Waals surface area contributed by atoms with Crippen molar-refractivity contribution < 1.29 is 9.47 Å². The molecule has 2 fully saturated rings. The van der Waals surface area contributed by atoms with Gasteiger partial charge in [-0.15, -0.1) is 0 Å². The molecule has 5 nitrogen and oxygen atoms in total. The number of hydrogen-bond acceptors (Lipinski definition) is 4. The fourth-order valence-corrected chi connectivity index (χ4v) is 4.13. The van der Waals surface area contributed by atoms with Crippen molar-refractivity contribution in [1.29, 1.82) is 0 Å². The quantitative estimate of drug-likeness (QED) is 0.893. The number of H-pyrrole nitrogens is 1. The molecule has 0 amide bonds. The Bertz CT molecular complexity index is 485. The van der Waals surface area contributed by atoms with Crippen molar-refractivity contribution in [2.45, 2.75) is 57.6 Å². The van der Waals surface area contributed by atoms with E-state index in [4.69, 9.17) is 14.5 Å². The number of imidazole rings is 1. The maximum Gasteiger partial charge on any atom is 0.120 e. The molecule has 122 valence electrons. The maximum atomic E-state index is 6.02. The molecule has 3 aliphatic rings. The molecule has 1 spiro atoms. The molecule has 0 saturated carbocycles. The normalized spacial score (nSPS) is 27.2. The molecule has 1 atom stereocenters. The van der Waals surface area contributed by atoms with E-state index in [1.807, 2.05) is 0 Å². The fraction of sp³-hybridized carbons (Fsp3) is 0.824. The third kappa shape index (κ3) is 3.07. The summed E-state index contributed by atoms with van der Waals surface area (Å²) in [5.74, 6) is 1.09. The minimum Gasteiger partial charge on any atom is -0.381 e. The van der Waals surface area contributed by atoms with Gasteiger partial charge in [-0.2, -0.15) is 0 Å². The molecule has 0 bridgehead atoms. The Morgan fingerprint density at radius 2 is 2.09 bits per heavy atom. The van der Waals surface area contributed by atoms with Gasteiger partial charge in [-0.05, 0) is 44.9 Å². The molecule has 2 aliphatic heterocycles. The Labute approximate surface area is 132 Å². The van der Waals surface area contributed by atoms with Gasteiger partial charge in [-0.3, -0.25) is 0 Å². The van der Waals surface area contributed by atoms with E-state index < -0.39 is 0 Å². The van der Waals surface area contributed by atoms with E-state index in [9.17, 15) is 0 Å². The van der Waals surface area contributed by atoms with E-state index >= 15 is 0 Å². The van der Waals surface area contributed by atoms with Gasteiger partial charge in [0, 0.05) is 30.9 Å². The maximum absolute atomic E-state index is 6.02. The predicted octanol–water partition coefficient (Wildman–Crippen LogP) is 1.96. The Morgan fingerprint density at radius 3 is 2.95 bits per heavy atom. The highest BCUT2D eigenvalue weighted by atomic mass is 16.5. The summed E-state index contributed by atoms with van der Waals surface area (Å²) in [6, 6.07) is 0. The first kappa shape index (κ1) is 14.7.